The molecule has 3 fully saturated rings. The average molecular weight is 401 g/mol. The first-order chi connectivity index (χ1) is 13.5. The van der Waals surface area contributed by atoms with E-state index in [9.17, 15) is 14.7 Å². The van der Waals surface area contributed by atoms with Crippen molar-refractivity contribution in [3.63, 3.8) is 0 Å². The van der Waals surface area contributed by atoms with Gasteiger partial charge >= 0.3 is 0 Å². The fourth-order valence-electron chi connectivity index (χ4n) is 7.28. The Bertz CT molecular complexity index is 774. The van der Waals surface area contributed by atoms with Crippen molar-refractivity contribution < 1.29 is 19.4 Å². The largest absolute Gasteiger partial charge is 0.389 e. The Morgan fingerprint density at radius 1 is 1.28 bits per heavy atom. The number of rotatable bonds is 2. The van der Waals surface area contributed by atoms with Gasteiger partial charge in [0.2, 0.25) is 0 Å². The number of ketones is 1. The van der Waals surface area contributed by atoms with Gasteiger partial charge in [0.25, 0.3) is 0 Å². The second-order valence-corrected chi connectivity index (χ2v) is 11.0. The summed E-state index contributed by atoms with van der Waals surface area (Å²) in [6.45, 7) is 10.7. The smallest absolute Gasteiger partial charge is 0.146 e. The molecule has 1 aliphatic heterocycles. The molecule has 4 aliphatic rings. The van der Waals surface area contributed by atoms with Crippen molar-refractivity contribution in [2.75, 3.05) is 0 Å². The summed E-state index contributed by atoms with van der Waals surface area (Å²) in [7, 11) is 0. The summed E-state index contributed by atoms with van der Waals surface area (Å²) in [6.07, 6.45) is 10.0. The lowest BCUT2D eigenvalue weighted by atomic mass is 9.62. The highest BCUT2D eigenvalue weighted by Crippen LogP contribution is 2.64. The summed E-state index contributed by atoms with van der Waals surface area (Å²) in [5, 5.41) is 11.1. The zero-order valence-electron chi connectivity index (χ0n) is 18.5. The average Bonchev–Trinajstić information content (AvgIpc) is 3.12. The molecule has 1 saturated heterocycles. The van der Waals surface area contributed by atoms with Crippen molar-refractivity contribution >= 4 is 12.1 Å². The van der Waals surface area contributed by atoms with E-state index >= 15 is 0 Å². The van der Waals surface area contributed by atoms with E-state index in [1.807, 2.05) is 6.08 Å². The first kappa shape index (κ1) is 21.0. The lowest BCUT2D eigenvalue weighted by Gasteiger charge is -2.45. The molecule has 29 heavy (non-hydrogen) atoms. The number of ether oxygens (including phenoxy) is 1. The van der Waals surface area contributed by atoms with E-state index in [0.717, 1.165) is 38.4 Å². The van der Waals surface area contributed by atoms with Crippen LogP contribution in [-0.4, -0.2) is 34.5 Å². The topological polar surface area (TPSA) is 63.6 Å². The van der Waals surface area contributed by atoms with E-state index in [0.29, 0.717) is 17.4 Å². The molecule has 0 bridgehead atoms. The van der Waals surface area contributed by atoms with Gasteiger partial charge in [0, 0.05) is 12.3 Å². The van der Waals surface area contributed by atoms with Crippen molar-refractivity contribution in [1.29, 1.82) is 0 Å². The van der Waals surface area contributed by atoms with Crippen molar-refractivity contribution in [1.82, 2.24) is 0 Å². The molecule has 0 radical (unpaired) electrons. The second kappa shape index (κ2) is 6.88. The Morgan fingerprint density at radius 3 is 2.66 bits per heavy atom. The standard InChI is InChI=1S/C25H36O4/c1-15(2)10-18-11-16(3)25(29-18)9-8-23(4)12-19-22(20(27)13-24(19,5)28)17(14-26)6-7-21(23)25/h6,10,14,16,18-19,21-22,28H,7-9,11-13H2,1-5H3/b17-6-/t16-,18-,19+,21-,22+,23-,24-,25-/m0/s1. The Labute approximate surface area is 174 Å². The molecule has 0 unspecified atom stereocenters. The van der Waals surface area contributed by atoms with Gasteiger partial charge in [-0.15, -0.1) is 0 Å². The minimum Gasteiger partial charge on any atom is -0.389 e. The maximum atomic E-state index is 12.7. The van der Waals surface area contributed by atoms with Crippen LogP contribution < -0.4 is 0 Å². The van der Waals surface area contributed by atoms with Crippen molar-refractivity contribution in [2.24, 2.45) is 29.1 Å². The van der Waals surface area contributed by atoms with Gasteiger partial charge in [0.1, 0.15) is 12.1 Å². The number of hydrogen-bond donors (Lipinski definition) is 1. The first-order valence-electron chi connectivity index (χ1n) is 11.3. The SMILES string of the molecule is CC(C)=C[C@H]1C[C@H](C)[C@]2(CC[C@@]3(C)C[C@@H]4[C@H](C(=O)C[C@]4(C)O)/C(C=O)=C\C[C@@H]32)O1. The predicted molar refractivity (Wildman–Crippen MR) is 112 cm³/mol. The second-order valence-electron chi connectivity index (χ2n) is 11.0. The number of carbonyl (C=O) groups excluding carboxylic acids is 2. The van der Waals surface area contributed by atoms with Crippen LogP contribution in [0.3, 0.4) is 0 Å². The number of carbonyl (C=O) groups is 2. The Balaban J connectivity index is 1.74. The monoisotopic (exact) mass is 400 g/mol. The molecule has 4 nitrogen and oxygen atoms in total. The number of aliphatic hydroxyl groups is 1. The summed E-state index contributed by atoms with van der Waals surface area (Å²) in [4.78, 5) is 24.6. The Morgan fingerprint density at radius 2 is 2.00 bits per heavy atom. The minimum atomic E-state index is -1.04. The third-order valence-corrected chi connectivity index (χ3v) is 8.68. The molecule has 1 heterocycles. The number of aldehydes is 1. The quantitative estimate of drug-likeness (QED) is 0.551. The fourth-order valence-corrected chi connectivity index (χ4v) is 7.28. The molecule has 4 heteroatoms. The van der Waals surface area contributed by atoms with Crippen LogP contribution in [0.25, 0.3) is 0 Å². The molecule has 1 spiro atoms. The van der Waals surface area contributed by atoms with Gasteiger partial charge < -0.3 is 9.84 Å². The van der Waals surface area contributed by atoms with Crippen LogP contribution in [0.1, 0.15) is 73.1 Å². The molecule has 8 atom stereocenters. The predicted octanol–water partition coefficient (Wildman–Crippen LogP) is 4.41. The van der Waals surface area contributed by atoms with Crippen molar-refractivity contribution in [3.05, 3.63) is 23.3 Å². The molecule has 0 aromatic carbocycles. The highest BCUT2D eigenvalue weighted by Gasteiger charge is 2.63. The van der Waals surface area contributed by atoms with Crippen LogP contribution in [-0.2, 0) is 14.3 Å². The number of hydrogen-bond acceptors (Lipinski definition) is 4. The minimum absolute atomic E-state index is 0.00341. The fraction of sp³-hybridized carbons (Fsp3) is 0.760. The molecule has 1 N–H and O–H groups in total. The molecule has 160 valence electrons. The molecule has 3 aliphatic carbocycles. The molecular formula is C25H36O4. The molecule has 0 amide bonds. The van der Waals surface area contributed by atoms with E-state index in [1.165, 1.54) is 5.57 Å². The van der Waals surface area contributed by atoms with Crippen molar-refractivity contribution in [3.8, 4) is 0 Å². The van der Waals surface area contributed by atoms with Gasteiger partial charge in [-0.2, -0.15) is 0 Å². The molecule has 4 rings (SSSR count). The van der Waals surface area contributed by atoms with Crippen LogP contribution in [0.15, 0.2) is 23.3 Å². The van der Waals surface area contributed by atoms with Crippen LogP contribution in [0, 0.1) is 29.1 Å². The Hall–Kier alpha value is -1.26. The van der Waals surface area contributed by atoms with E-state index in [-0.39, 0.29) is 35.2 Å². The molecular weight excluding hydrogens is 364 g/mol. The van der Waals surface area contributed by atoms with E-state index in [1.54, 1.807) is 6.92 Å². The normalized spacial score (nSPS) is 51.0. The summed E-state index contributed by atoms with van der Waals surface area (Å²) >= 11 is 0. The lowest BCUT2D eigenvalue weighted by Crippen LogP contribution is -2.46. The molecule has 0 aromatic rings. The maximum absolute atomic E-state index is 12.7. The van der Waals surface area contributed by atoms with Crippen molar-refractivity contribution in [2.45, 2.75) is 90.4 Å². The third kappa shape index (κ3) is 3.18. The van der Waals surface area contributed by atoms with Gasteiger partial charge in [-0.25, -0.2) is 0 Å². The first-order valence-corrected chi connectivity index (χ1v) is 11.3. The summed E-state index contributed by atoms with van der Waals surface area (Å²) in [5.74, 6) is 0.117. The number of fused-ring (bicyclic) bond motifs is 3. The van der Waals surface area contributed by atoms with Crippen LogP contribution in [0.4, 0.5) is 0 Å². The number of Topliss-reactive ketones (excluding diaryl/α,β-unsaturated/α-hetero) is 1. The van der Waals surface area contributed by atoms with E-state index in [4.69, 9.17) is 4.74 Å². The zero-order chi connectivity index (χ0) is 21.2. The molecule has 0 aromatic heterocycles. The molecule has 2 saturated carbocycles. The van der Waals surface area contributed by atoms with Crippen LogP contribution >= 0.6 is 0 Å². The van der Waals surface area contributed by atoms with E-state index < -0.39 is 11.5 Å². The maximum Gasteiger partial charge on any atom is 0.146 e. The zero-order valence-corrected chi connectivity index (χ0v) is 18.5. The van der Waals surface area contributed by atoms with Gasteiger partial charge in [-0.1, -0.05) is 31.6 Å². The lowest BCUT2D eigenvalue weighted by molar-refractivity contribution is -0.122. The van der Waals surface area contributed by atoms with E-state index in [2.05, 4.69) is 33.8 Å². The van der Waals surface area contributed by atoms with Gasteiger partial charge in [-0.3, -0.25) is 9.59 Å². The summed E-state index contributed by atoms with van der Waals surface area (Å²) in [6, 6.07) is 0. The van der Waals surface area contributed by atoms with Gasteiger partial charge in [-0.05, 0) is 75.7 Å². The highest BCUT2D eigenvalue weighted by molar-refractivity contribution is 5.94. The van der Waals surface area contributed by atoms with Crippen LogP contribution in [0.5, 0.6) is 0 Å². The summed E-state index contributed by atoms with van der Waals surface area (Å²) < 4.78 is 6.79. The van der Waals surface area contributed by atoms with Gasteiger partial charge in [0.15, 0.2) is 0 Å². The Kier molecular flexibility index (Phi) is 4.98. The highest BCUT2D eigenvalue weighted by atomic mass is 16.5. The van der Waals surface area contributed by atoms with Crippen LogP contribution in [0.2, 0.25) is 0 Å². The van der Waals surface area contributed by atoms with Gasteiger partial charge in [0.05, 0.1) is 23.2 Å². The third-order valence-electron chi connectivity index (χ3n) is 8.68. The number of allylic oxidation sites excluding steroid dienone is 3. The summed E-state index contributed by atoms with van der Waals surface area (Å²) in [5.41, 5.74) is 0.628.